The van der Waals surface area contributed by atoms with Crippen LogP contribution in [0.4, 0.5) is 4.79 Å². The van der Waals surface area contributed by atoms with Gasteiger partial charge in [-0.2, -0.15) is 11.8 Å². The number of carbonyl (C=O) groups excluding carboxylic acids is 2. The lowest BCUT2D eigenvalue weighted by Gasteiger charge is -2.31. The number of alkyl carbamates (subject to hydrolysis) is 1. The van der Waals surface area contributed by atoms with Crippen molar-refractivity contribution in [3.05, 3.63) is 59.7 Å². The van der Waals surface area contributed by atoms with Gasteiger partial charge in [0.2, 0.25) is 5.91 Å². The standard InChI is InChI=1S/C27H32N2O5S/c1-35-15-14-24(26(31)32)28-25(30)21-12-6-7-13-23(21)29-27(33)34-16-22-19-10-4-2-8-17(19)18-9-3-5-11-20(18)22/h2-5,8-11,21-24H,6-7,12-16H2,1H3,(H,28,30)(H,29,33)(H,31,32)/t21?,23?,24-/m1/s1. The first-order valence-corrected chi connectivity index (χ1v) is 13.5. The number of amides is 2. The second-order valence-electron chi connectivity index (χ2n) is 9.15. The summed E-state index contributed by atoms with van der Waals surface area (Å²) in [4.78, 5) is 37.3. The molecule has 0 radical (unpaired) electrons. The first-order valence-electron chi connectivity index (χ1n) is 12.1. The normalized spacial score (nSPS) is 19.8. The Bertz CT molecular complexity index is 1030. The van der Waals surface area contributed by atoms with E-state index in [-0.39, 0.29) is 24.5 Å². The highest BCUT2D eigenvalue weighted by Gasteiger charge is 2.35. The van der Waals surface area contributed by atoms with E-state index in [0.717, 1.165) is 35.1 Å². The fraction of sp³-hybridized carbons (Fsp3) is 0.444. The summed E-state index contributed by atoms with van der Waals surface area (Å²) in [7, 11) is 0. The Morgan fingerprint density at radius 3 is 2.29 bits per heavy atom. The summed E-state index contributed by atoms with van der Waals surface area (Å²) in [5.74, 6) is -1.22. The van der Waals surface area contributed by atoms with Gasteiger partial charge in [-0.1, -0.05) is 61.4 Å². The maximum absolute atomic E-state index is 12.9. The molecule has 1 saturated carbocycles. The fourth-order valence-corrected chi connectivity index (χ4v) is 5.65. The predicted molar refractivity (Wildman–Crippen MR) is 137 cm³/mol. The van der Waals surface area contributed by atoms with Crippen molar-refractivity contribution in [2.75, 3.05) is 18.6 Å². The Labute approximate surface area is 210 Å². The number of thioether (sulfide) groups is 1. The van der Waals surface area contributed by atoms with Gasteiger partial charge in [-0.05, 0) is 53.5 Å². The highest BCUT2D eigenvalue weighted by molar-refractivity contribution is 7.98. The molecule has 0 saturated heterocycles. The third-order valence-corrected chi connectivity index (χ3v) is 7.62. The number of fused-ring (bicyclic) bond motifs is 3. The smallest absolute Gasteiger partial charge is 0.407 e. The summed E-state index contributed by atoms with van der Waals surface area (Å²) >= 11 is 1.54. The third-order valence-electron chi connectivity index (χ3n) is 6.97. The minimum absolute atomic E-state index is 0.0358. The monoisotopic (exact) mass is 496 g/mol. The molecular formula is C27H32N2O5S. The minimum Gasteiger partial charge on any atom is -0.480 e. The van der Waals surface area contributed by atoms with E-state index in [2.05, 4.69) is 34.9 Å². The molecule has 8 heteroatoms. The van der Waals surface area contributed by atoms with Crippen LogP contribution in [-0.4, -0.2) is 53.8 Å². The van der Waals surface area contributed by atoms with Gasteiger partial charge in [0.05, 0.1) is 5.92 Å². The Morgan fingerprint density at radius 2 is 1.66 bits per heavy atom. The van der Waals surface area contributed by atoms with Crippen LogP contribution in [0.15, 0.2) is 48.5 Å². The van der Waals surface area contributed by atoms with E-state index in [1.54, 1.807) is 0 Å². The number of hydrogen-bond donors (Lipinski definition) is 3. The van der Waals surface area contributed by atoms with Crippen molar-refractivity contribution < 1.29 is 24.2 Å². The summed E-state index contributed by atoms with van der Waals surface area (Å²) in [6.07, 6.45) is 4.74. The molecule has 0 spiro atoms. The molecule has 3 N–H and O–H groups in total. The SMILES string of the molecule is CSCC[C@@H](NC(=O)C1CCCCC1NC(=O)OCC1c2ccccc2-c2ccccc21)C(=O)O. The molecule has 0 aliphatic heterocycles. The summed E-state index contributed by atoms with van der Waals surface area (Å²) < 4.78 is 5.66. The Balaban J connectivity index is 1.37. The Morgan fingerprint density at radius 1 is 1.03 bits per heavy atom. The topological polar surface area (TPSA) is 105 Å². The largest absolute Gasteiger partial charge is 0.480 e. The van der Waals surface area contributed by atoms with Crippen LogP contribution in [0, 0.1) is 5.92 Å². The predicted octanol–water partition coefficient (Wildman–Crippen LogP) is 4.41. The number of hydrogen-bond acceptors (Lipinski definition) is 5. The number of benzene rings is 2. The number of nitrogens with one attached hydrogen (secondary N) is 2. The van der Waals surface area contributed by atoms with Crippen LogP contribution in [0.1, 0.15) is 49.1 Å². The van der Waals surface area contributed by atoms with E-state index in [9.17, 15) is 19.5 Å². The molecule has 0 heterocycles. The molecule has 4 rings (SSSR count). The summed E-state index contributed by atoms with van der Waals surface area (Å²) in [5, 5.41) is 15.0. The zero-order valence-electron chi connectivity index (χ0n) is 19.9. The van der Waals surface area contributed by atoms with Crippen LogP contribution in [0.2, 0.25) is 0 Å². The zero-order valence-corrected chi connectivity index (χ0v) is 20.7. The maximum atomic E-state index is 12.9. The van der Waals surface area contributed by atoms with Gasteiger partial charge >= 0.3 is 12.1 Å². The lowest BCUT2D eigenvalue weighted by molar-refractivity contribution is -0.142. The van der Waals surface area contributed by atoms with Gasteiger partial charge in [-0.25, -0.2) is 9.59 Å². The maximum Gasteiger partial charge on any atom is 0.407 e. The first kappa shape index (κ1) is 25.1. The summed E-state index contributed by atoms with van der Waals surface area (Å²) in [5.41, 5.74) is 4.61. The van der Waals surface area contributed by atoms with Crippen molar-refractivity contribution in [3.63, 3.8) is 0 Å². The number of rotatable bonds is 9. The zero-order chi connectivity index (χ0) is 24.8. The van der Waals surface area contributed by atoms with E-state index in [0.29, 0.717) is 25.0 Å². The van der Waals surface area contributed by atoms with Gasteiger partial charge in [0, 0.05) is 12.0 Å². The highest BCUT2D eigenvalue weighted by Crippen LogP contribution is 2.44. The second-order valence-corrected chi connectivity index (χ2v) is 10.1. The van der Waals surface area contributed by atoms with Crippen molar-refractivity contribution in [2.24, 2.45) is 5.92 Å². The molecule has 2 unspecified atom stereocenters. The van der Waals surface area contributed by atoms with Crippen LogP contribution in [-0.2, 0) is 14.3 Å². The average molecular weight is 497 g/mol. The Hall–Kier alpha value is -3.00. The van der Waals surface area contributed by atoms with Gasteiger partial charge in [0.25, 0.3) is 0 Å². The molecule has 0 bridgehead atoms. The number of carboxylic acid groups (broad SMARTS) is 1. The molecule has 3 atom stereocenters. The second kappa shape index (κ2) is 11.6. The molecule has 1 fully saturated rings. The van der Waals surface area contributed by atoms with E-state index in [1.165, 1.54) is 11.8 Å². The molecule has 7 nitrogen and oxygen atoms in total. The lowest BCUT2D eigenvalue weighted by Crippen LogP contribution is -2.52. The van der Waals surface area contributed by atoms with Crippen molar-refractivity contribution in [2.45, 2.75) is 50.1 Å². The molecular weight excluding hydrogens is 464 g/mol. The number of carboxylic acids is 1. The van der Waals surface area contributed by atoms with E-state index >= 15 is 0 Å². The number of carbonyl (C=O) groups is 3. The van der Waals surface area contributed by atoms with Gasteiger partial charge in [-0.15, -0.1) is 0 Å². The van der Waals surface area contributed by atoms with Crippen molar-refractivity contribution in [1.82, 2.24) is 10.6 Å². The average Bonchev–Trinajstić information content (AvgIpc) is 3.19. The van der Waals surface area contributed by atoms with E-state index in [4.69, 9.17) is 4.74 Å². The van der Waals surface area contributed by atoms with E-state index < -0.39 is 24.0 Å². The Kier molecular flexibility index (Phi) is 8.33. The number of aliphatic carboxylic acids is 1. The van der Waals surface area contributed by atoms with Crippen molar-refractivity contribution in [3.8, 4) is 11.1 Å². The third kappa shape index (κ3) is 5.81. The summed E-state index contributed by atoms with van der Waals surface area (Å²) in [6, 6.07) is 15.0. The molecule has 2 aromatic carbocycles. The minimum atomic E-state index is -1.04. The lowest BCUT2D eigenvalue weighted by atomic mass is 9.83. The number of ether oxygens (including phenoxy) is 1. The van der Waals surface area contributed by atoms with E-state index in [1.807, 2.05) is 30.5 Å². The molecule has 2 aliphatic carbocycles. The quantitative estimate of drug-likeness (QED) is 0.475. The molecule has 35 heavy (non-hydrogen) atoms. The fourth-order valence-electron chi connectivity index (χ4n) is 5.18. The van der Waals surface area contributed by atoms with Gasteiger partial charge in [0.15, 0.2) is 0 Å². The van der Waals surface area contributed by atoms with Crippen LogP contribution in [0.3, 0.4) is 0 Å². The molecule has 2 aromatic rings. The molecule has 2 aliphatic rings. The molecule has 2 amide bonds. The summed E-state index contributed by atoms with van der Waals surface area (Å²) in [6.45, 7) is 0.208. The van der Waals surface area contributed by atoms with Gasteiger partial charge in [-0.3, -0.25) is 4.79 Å². The van der Waals surface area contributed by atoms with Crippen LogP contribution >= 0.6 is 11.8 Å². The van der Waals surface area contributed by atoms with Crippen molar-refractivity contribution >= 4 is 29.7 Å². The van der Waals surface area contributed by atoms with Gasteiger partial charge in [0.1, 0.15) is 12.6 Å². The first-order chi connectivity index (χ1) is 17.0. The molecule has 0 aromatic heterocycles. The van der Waals surface area contributed by atoms with Crippen molar-refractivity contribution in [1.29, 1.82) is 0 Å². The highest BCUT2D eigenvalue weighted by atomic mass is 32.2. The van der Waals surface area contributed by atoms with Crippen LogP contribution in [0.25, 0.3) is 11.1 Å². The van der Waals surface area contributed by atoms with Crippen LogP contribution in [0.5, 0.6) is 0 Å². The van der Waals surface area contributed by atoms with Crippen LogP contribution < -0.4 is 10.6 Å². The van der Waals surface area contributed by atoms with Gasteiger partial charge < -0.3 is 20.5 Å². The molecule has 186 valence electrons.